The molecule has 0 saturated carbocycles. The Balaban J connectivity index is 2.44. The molecular weight excluding hydrogens is 244 g/mol. The van der Waals surface area contributed by atoms with E-state index in [1.807, 2.05) is 50.6 Å². The van der Waals surface area contributed by atoms with Crippen molar-refractivity contribution in [1.82, 2.24) is 9.78 Å². The highest BCUT2D eigenvalue weighted by Gasteiger charge is 2.20. The number of carbonyl (C=O) groups is 1. The second-order valence-electron chi connectivity index (χ2n) is 4.62. The Bertz CT molecular complexity index is 560. The molecule has 2 rings (SSSR count). The molecule has 0 radical (unpaired) electrons. The number of nitrogens with zero attached hydrogens (tertiary/aromatic N) is 2. The molecule has 0 saturated heterocycles. The fourth-order valence-corrected chi connectivity index (χ4v) is 2.31. The predicted molar refractivity (Wildman–Crippen MR) is 74.8 cm³/mol. The van der Waals surface area contributed by atoms with Gasteiger partial charge in [-0.15, -0.1) is 11.8 Å². The lowest BCUT2D eigenvalue weighted by molar-refractivity contribution is -0.114. The highest BCUT2D eigenvalue weighted by Crippen LogP contribution is 2.29. The molecule has 0 bridgehead atoms. The molecule has 94 valence electrons. The molecule has 18 heavy (non-hydrogen) atoms. The van der Waals surface area contributed by atoms with Crippen LogP contribution in [-0.4, -0.2) is 22.3 Å². The summed E-state index contributed by atoms with van der Waals surface area (Å²) in [7, 11) is 0. The van der Waals surface area contributed by atoms with Crippen LogP contribution in [0.15, 0.2) is 41.4 Å². The molecule has 2 aromatic rings. The Labute approximate surface area is 111 Å². The molecule has 0 spiro atoms. The number of carbonyl (C=O) groups excluding carboxylic acids is 1. The Kier molecular flexibility index (Phi) is 3.57. The van der Waals surface area contributed by atoms with E-state index in [1.165, 1.54) is 4.90 Å². The third-order valence-corrected chi connectivity index (χ3v) is 3.65. The Hall–Kier alpha value is -1.55. The molecule has 0 amide bonds. The van der Waals surface area contributed by atoms with E-state index >= 15 is 0 Å². The van der Waals surface area contributed by atoms with Crippen molar-refractivity contribution in [3.63, 3.8) is 0 Å². The lowest BCUT2D eigenvalue weighted by Gasteiger charge is -2.17. The van der Waals surface area contributed by atoms with Gasteiger partial charge >= 0.3 is 0 Å². The monoisotopic (exact) mass is 260 g/mol. The van der Waals surface area contributed by atoms with Crippen molar-refractivity contribution in [1.29, 1.82) is 0 Å². The number of hydrogen-bond acceptors (Lipinski definition) is 3. The van der Waals surface area contributed by atoms with Crippen LogP contribution in [0.4, 0.5) is 0 Å². The van der Waals surface area contributed by atoms with E-state index in [-0.39, 0.29) is 0 Å². The van der Waals surface area contributed by atoms with Crippen molar-refractivity contribution >= 4 is 18.0 Å². The van der Waals surface area contributed by atoms with E-state index in [0.29, 0.717) is 0 Å². The second kappa shape index (κ2) is 4.98. The van der Waals surface area contributed by atoms with Crippen molar-refractivity contribution in [2.75, 3.05) is 6.26 Å². The van der Waals surface area contributed by atoms with Crippen molar-refractivity contribution < 1.29 is 4.79 Å². The topological polar surface area (TPSA) is 34.9 Å². The molecule has 0 N–H and O–H groups in total. The van der Waals surface area contributed by atoms with Crippen LogP contribution < -0.4 is 0 Å². The number of hydrogen-bond donors (Lipinski definition) is 0. The van der Waals surface area contributed by atoms with Gasteiger partial charge in [0.2, 0.25) is 0 Å². The summed E-state index contributed by atoms with van der Waals surface area (Å²) >= 11 is 1.69. The minimum Gasteiger partial charge on any atom is -0.301 e. The van der Waals surface area contributed by atoms with Crippen LogP contribution in [0.2, 0.25) is 0 Å². The van der Waals surface area contributed by atoms with Gasteiger partial charge in [-0.25, -0.2) is 0 Å². The van der Waals surface area contributed by atoms with E-state index in [9.17, 15) is 4.79 Å². The molecule has 4 heteroatoms. The molecule has 0 unspecified atom stereocenters. The molecule has 1 heterocycles. The summed E-state index contributed by atoms with van der Waals surface area (Å²) in [6, 6.07) is 10.1. The zero-order valence-electron chi connectivity index (χ0n) is 10.8. The smallest absolute Gasteiger partial charge is 0.147 e. The van der Waals surface area contributed by atoms with E-state index in [1.54, 1.807) is 16.4 Å². The Morgan fingerprint density at radius 3 is 2.67 bits per heavy atom. The van der Waals surface area contributed by atoms with E-state index in [0.717, 1.165) is 17.5 Å². The quantitative estimate of drug-likeness (QED) is 0.625. The Morgan fingerprint density at radius 1 is 1.28 bits per heavy atom. The van der Waals surface area contributed by atoms with Gasteiger partial charge in [0.25, 0.3) is 0 Å². The largest absolute Gasteiger partial charge is 0.301 e. The maximum absolute atomic E-state index is 11.0. The van der Waals surface area contributed by atoms with Crippen LogP contribution in [0.5, 0.6) is 0 Å². The number of thioether (sulfide) groups is 1. The minimum atomic E-state index is -0.605. The third kappa shape index (κ3) is 2.34. The highest BCUT2D eigenvalue weighted by molar-refractivity contribution is 7.98. The van der Waals surface area contributed by atoms with Crippen LogP contribution in [0.1, 0.15) is 13.8 Å². The standard InChI is InChI=1S/C14H16N2OS/c1-14(2,10-17)16-9-8-12(15-16)11-6-4-5-7-13(11)18-3/h4-10H,1-3H3. The Morgan fingerprint density at radius 2 is 2.00 bits per heavy atom. The van der Waals surface area contributed by atoms with Crippen LogP contribution in [0, 0.1) is 0 Å². The van der Waals surface area contributed by atoms with Gasteiger partial charge in [-0.3, -0.25) is 4.68 Å². The molecule has 0 fully saturated rings. The van der Waals surface area contributed by atoms with Gasteiger partial charge in [-0.2, -0.15) is 5.10 Å². The summed E-state index contributed by atoms with van der Waals surface area (Å²) in [6.45, 7) is 3.69. The molecule has 3 nitrogen and oxygen atoms in total. The van der Waals surface area contributed by atoms with Crippen molar-refractivity contribution in [3.8, 4) is 11.3 Å². The fourth-order valence-electron chi connectivity index (χ4n) is 1.70. The predicted octanol–water partition coefficient (Wildman–Crippen LogP) is 3.21. The summed E-state index contributed by atoms with van der Waals surface area (Å²) in [5.41, 5.74) is 1.40. The molecule has 0 aliphatic rings. The highest BCUT2D eigenvalue weighted by atomic mass is 32.2. The third-order valence-electron chi connectivity index (χ3n) is 2.85. The van der Waals surface area contributed by atoms with Crippen LogP contribution >= 0.6 is 11.8 Å². The molecular formula is C14H16N2OS. The summed E-state index contributed by atoms with van der Waals surface area (Å²) in [6.07, 6.45) is 4.80. The lowest BCUT2D eigenvalue weighted by Crippen LogP contribution is -2.28. The van der Waals surface area contributed by atoms with Gasteiger partial charge in [0, 0.05) is 16.7 Å². The van der Waals surface area contributed by atoms with Gasteiger partial charge in [0.15, 0.2) is 0 Å². The maximum atomic E-state index is 11.0. The zero-order valence-corrected chi connectivity index (χ0v) is 11.6. The normalized spacial score (nSPS) is 11.5. The first-order valence-corrected chi connectivity index (χ1v) is 6.97. The van der Waals surface area contributed by atoms with Crippen molar-refractivity contribution in [2.45, 2.75) is 24.3 Å². The van der Waals surface area contributed by atoms with Crippen LogP contribution in [0.3, 0.4) is 0 Å². The number of benzene rings is 1. The van der Waals surface area contributed by atoms with Gasteiger partial charge in [-0.1, -0.05) is 18.2 Å². The number of rotatable bonds is 4. The molecule has 1 aromatic carbocycles. The van der Waals surface area contributed by atoms with Crippen molar-refractivity contribution in [3.05, 3.63) is 36.5 Å². The van der Waals surface area contributed by atoms with Crippen LogP contribution in [0.25, 0.3) is 11.3 Å². The fraction of sp³-hybridized carbons (Fsp3) is 0.286. The summed E-state index contributed by atoms with van der Waals surface area (Å²) in [5.74, 6) is 0. The van der Waals surface area contributed by atoms with Gasteiger partial charge < -0.3 is 4.79 Å². The summed E-state index contributed by atoms with van der Waals surface area (Å²) in [5, 5.41) is 4.50. The van der Waals surface area contributed by atoms with Gasteiger partial charge in [0.05, 0.1) is 5.69 Å². The second-order valence-corrected chi connectivity index (χ2v) is 5.47. The first kappa shape index (κ1) is 12.9. The van der Waals surface area contributed by atoms with Crippen molar-refractivity contribution in [2.24, 2.45) is 0 Å². The first-order valence-electron chi connectivity index (χ1n) is 5.74. The van der Waals surface area contributed by atoms with Gasteiger partial charge in [0.1, 0.15) is 11.8 Å². The lowest BCUT2D eigenvalue weighted by atomic mass is 10.1. The van der Waals surface area contributed by atoms with E-state index < -0.39 is 5.54 Å². The molecule has 0 aliphatic carbocycles. The average molecular weight is 260 g/mol. The summed E-state index contributed by atoms with van der Waals surface area (Å²) < 4.78 is 1.70. The minimum absolute atomic E-state index is 0.605. The first-order chi connectivity index (χ1) is 8.58. The maximum Gasteiger partial charge on any atom is 0.147 e. The van der Waals surface area contributed by atoms with Gasteiger partial charge in [-0.05, 0) is 32.2 Å². The number of aromatic nitrogens is 2. The summed E-state index contributed by atoms with van der Waals surface area (Å²) in [4.78, 5) is 12.2. The average Bonchev–Trinajstić information content (AvgIpc) is 2.89. The molecule has 0 atom stereocenters. The van der Waals surface area contributed by atoms with E-state index in [4.69, 9.17) is 0 Å². The molecule has 1 aromatic heterocycles. The van der Waals surface area contributed by atoms with Crippen LogP contribution in [-0.2, 0) is 10.3 Å². The number of aldehydes is 1. The molecule has 0 aliphatic heterocycles. The van der Waals surface area contributed by atoms with E-state index in [2.05, 4.69) is 11.2 Å². The zero-order chi connectivity index (χ0) is 13.2. The SMILES string of the molecule is CSc1ccccc1-c1ccn(C(C)(C)C=O)n1.